The average Bonchev–Trinajstić information content (AvgIpc) is 2.67. The van der Waals surface area contributed by atoms with Crippen LogP contribution in [-0.4, -0.2) is 46.9 Å². The Morgan fingerprint density at radius 1 is 1.19 bits per heavy atom. The Morgan fingerprint density at radius 3 is 2.46 bits per heavy atom. The molecule has 2 aromatic heterocycles. The Morgan fingerprint density at radius 2 is 1.88 bits per heavy atom. The van der Waals surface area contributed by atoms with E-state index >= 15 is 0 Å². The third kappa shape index (κ3) is 4.33. The molecule has 0 radical (unpaired) electrons. The largest absolute Gasteiger partial charge is 0.353 e. The molecule has 1 aliphatic heterocycles. The molecule has 0 aromatic carbocycles. The second-order valence-electron chi connectivity index (χ2n) is 6.36. The van der Waals surface area contributed by atoms with Crippen molar-refractivity contribution in [2.75, 3.05) is 31.1 Å². The maximum absolute atomic E-state index is 12.4. The van der Waals surface area contributed by atoms with Crippen LogP contribution in [0, 0.1) is 17.0 Å². The number of amides is 1. The number of carbonyl (C=O) groups is 1. The van der Waals surface area contributed by atoms with Crippen LogP contribution in [0.15, 0.2) is 42.9 Å². The average molecular weight is 356 g/mol. The monoisotopic (exact) mass is 356 g/mol. The first kappa shape index (κ1) is 17.8. The van der Waals surface area contributed by atoms with Crippen molar-refractivity contribution in [3.05, 3.63) is 58.5 Å². The molecule has 0 bridgehead atoms. The van der Waals surface area contributed by atoms with Crippen molar-refractivity contribution in [2.24, 2.45) is 0 Å². The lowest BCUT2D eigenvalue weighted by Crippen LogP contribution is -2.49. The molecule has 3 rings (SSSR count). The van der Waals surface area contributed by atoms with E-state index in [0.29, 0.717) is 45.0 Å². The van der Waals surface area contributed by atoms with Gasteiger partial charge in [-0.1, -0.05) is 0 Å². The highest BCUT2D eigenvalue weighted by molar-refractivity contribution is 5.76. The fourth-order valence-electron chi connectivity index (χ4n) is 2.92. The van der Waals surface area contributed by atoms with Gasteiger partial charge >= 0.3 is 0 Å². The zero-order valence-corrected chi connectivity index (χ0v) is 14.7. The summed E-state index contributed by atoms with van der Waals surface area (Å²) < 4.78 is 2.02. The molecular formula is C18H22N5O3+. The zero-order valence-electron chi connectivity index (χ0n) is 14.7. The van der Waals surface area contributed by atoms with Crippen LogP contribution in [-0.2, 0) is 11.3 Å². The van der Waals surface area contributed by atoms with E-state index in [-0.39, 0.29) is 11.6 Å². The van der Waals surface area contributed by atoms with Crippen molar-refractivity contribution in [2.45, 2.75) is 19.9 Å². The van der Waals surface area contributed by atoms with E-state index in [1.165, 1.54) is 17.8 Å². The molecule has 8 heteroatoms. The number of nitrogens with zero attached hydrogens (tertiary/aromatic N) is 5. The highest BCUT2D eigenvalue weighted by Crippen LogP contribution is 2.17. The number of carbonyl (C=O) groups excluding carboxylic acids is 1. The molecule has 1 fully saturated rings. The predicted octanol–water partition coefficient (Wildman–Crippen LogP) is 1.32. The summed E-state index contributed by atoms with van der Waals surface area (Å²) >= 11 is 0. The van der Waals surface area contributed by atoms with Crippen LogP contribution >= 0.6 is 0 Å². The summed E-state index contributed by atoms with van der Waals surface area (Å²) in [6.45, 7) is 5.33. The molecule has 1 aliphatic rings. The molecule has 0 spiro atoms. The third-order valence-electron chi connectivity index (χ3n) is 4.54. The van der Waals surface area contributed by atoms with Gasteiger partial charge in [0.1, 0.15) is 12.0 Å². The number of hydrogen-bond donors (Lipinski definition) is 0. The number of aryl methyl sites for hydroxylation is 2. The van der Waals surface area contributed by atoms with Crippen molar-refractivity contribution in [3.63, 3.8) is 0 Å². The van der Waals surface area contributed by atoms with Crippen LogP contribution in [0.3, 0.4) is 0 Å². The molecule has 0 saturated carbocycles. The van der Waals surface area contributed by atoms with Crippen LogP contribution in [0.4, 0.5) is 11.5 Å². The van der Waals surface area contributed by atoms with Gasteiger partial charge in [0.15, 0.2) is 18.9 Å². The van der Waals surface area contributed by atoms with Crippen LogP contribution in [0.2, 0.25) is 0 Å². The second-order valence-corrected chi connectivity index (χ2v) is 6.36. The minimum Gasteiger partial charge on any atom is -0.353 e. The lowest BCUT2D eigenvalue weighted by Gasteiger charge is -2.35. The van der Waals surface area contributed by atoms with Crippen LogP contribution < -0.4 is 9.47 Å². The number of anilines is 1. The summed E-state index contributed by atoms with van der Waals surface area (Å²) in [7, 11) is 0. The first-order chi connectivity index (χ1) is 12.5. The van der Waals surface area contributed by atoms with Gasteiger partial charge < -0.3 is 9.80 Å². The van der Waals surface area contributed by atoms with Gasteiger partial charge in [-0.15, -0.1) is 0 Å². The van der Waals surface area contributed by atoms with E-state index in [9.17, 15) is 14.9 Å². The minimum atomic E-state index is -0.459. The van der Waals surface area contributed by atoms with Gasteiger partial charge in [-0.2, -0.15) is 0 Å². The van der Waals surface area contributed by atoms with Crippen LogP contribution in [0.5, 0.6) is 0 Å². The van der Waals surface area contributed by atoms with E-state index in [1.807, 2.05) is 45.8 Å². The van der Waals surface area contributed by atoms with Crippen molar-refractivity contribution in [1.82, 2.24) is 9.88 Å². The SMILES string of the molecule is Cc1cc[n+](CCC(=O)N2CCN(c3ccc([N+](=O)[O-])cn3)CC2)cc1. The lowest BCUT2D eigenvalue weighted by molar-refractivity contribution is -0.696. The molecule has 0 N–H and O–H groups in total. The van der Waals surface area contributed by atoms with Gasteiger partial charge in [-0.05, 0) is 18.6 Å². The van der Waals surface area contributed by atoms with E-state index in [0.717, 1.165) is 0 Å². The molecule has 2 aromatic rings. The van der Waals surface area contributed by atoms with Crippen LogP contribution in [0.25, 0.3) is 0 Å². The fraction of sp³-hybridized carbons (Fsp3) is 0.389. The van der Waals surface area contributed by atoms with Crippen molar-refractivity contribution in [3.8, 4) is 0 Å². The summed E-state index contributed by atoms with van der Waals surface area (Å²) in [5, 5.41) is 10.7. The standard InChI is InChI=1S/C18H22N5O3/c1-15-4-7-20(8-5-15)9-6-18(24)22-12-10-21(11-13-22)17-3-2-16(14-19-17)23(25)26/h2-5,7-8,14H,6,9-13H2,1H3/q+1. The molecule has 1 amide bonds. The Bertz CT molecular complexity index is 768. The Labute approximate surface area is 151 Å². The Balaban J connectivity index is 1.48. The molecule has 0 aliphatic carbocycles. The molecular weight excluding hydrogens is 334 g/mol. The van der Waals surface area contributed by atoms with E-state index in [1.54, 1.807) is 6.07 Å². The van der Waals surface area contributed by atoms with Gasteiger partial charge in [0.25, 0.3) is 5.69 Å². The van der Waals surface area contributed by atoms with Crippen molar-refractivity contribution in [1.29, 1.82) is 0 Å². The first-order valence-electron chi connectivity index (χ1n) is 8.62. The van der Waals surface area contributed by atoms with E-state index in [2.05, 4.69) is 4.98 Å². The van der Waals surface area contributed by atoms with Crippen molar-refractivity contribution >= 4 is 17.4 Å². The number of piperazine rings is 1. The van der Waals surface area contributed by atoms with Crippen molar-refractivity contribution < 1.29 is 14.3 Å². The Kier molecular flexibility index (Phi) is 5.40. The molecule has 1 saturated heterocycles. The summed E-state index contributed by atoms with van der Waals surface area (Å²) in [5.41, 5.74) is 1.18. The summed E-state index contributed by atoms with van der Waals surface area (Å²) in [6.07, 6.45) is 5.72. The second kappa shape index (κ2) is 7.90. The molecule has 0 unspecified atom stereocenters. The number of pyridine rings is 2. The lowest BCUT2D eigenvalue weighted by atomic mass is 10.2. The highest BCUT2D eigenvalue weighted by atomic mass is 16.6. The van der Waals surface area contributed by atoms with Gasteiger partial charge in [0, 0.05) is 44.4 Å². The smallest absolute Gasteiger partial charge is 0.287 e. The summed E-state index contributed by atoms with van der Waals surface area (Å²) in [4.78, 5) is 30.7. The third-order valence-corrected chi connectivity index (χ3v) is 4.54. The fourth-order valence-corrected chi connectivity index (χ4v) is 2.92. The minimum absolute atomic E-state index is 0.0174. The molecule has 26 heavy (non-hydrogen) atoms. The molecule has 136 valence electrons. The molecule has 3 heterocycles. The molecule has 8 nitrogen and oxygen atoms in total. The maximum atomic E-state index is 12.4. The van der Waals surface area contributed by atoms with E-state index < -0.39 is 4.92 Å². The number of rotatable bonds is 5. The zero-order chi connectivity index (χ0) is 18.5. The van der Waals surface area contributed by atoms with Gasteiger partial charge in [0.05, 0.1) is 11.3 Å². The van der Waals surface area contributed by atoms with E-state index in [4.69, 9.17) is 0 Å². The number of aromatic nitrogens is 2. The van der Waals surface area contributed by atoms with Gasteiger partial charge in [-0.25, -0.2) is 9.55 Å². The number of nitro groups is 1. The van der Waals surface area contributed by atoms with Crippen LogP contribution in [0.1, 0.15) is 12.0 Å². The number of hydrogen-bond acceptors (Lipinski definition) is 5. The quantitative estimate of drug-likeness (QED) is 0.458. The Hall–Kier alpha value is -3.03. The molecule has 0 atom stereocenters. The van der Waals surface area contributed by atoms with Gasteiger partial charge in [-0.3, -0.25) is 14.9 Å². The van der Waals surface area contributed by atoms with Gasteiger partial charge in [0.2, 0.25) is 5.91 Å². The maximum Gasteiger partial charge on any atom is 0.287 e. The summed E-state index contributed by atoms with van der Waals surface area (Å²) in [5.74, 6) is 0.854. The topological polar surface area (TPSA) is 83.5 Å². The normalized spacial score (nSPS) is 14.3. The first-order valence-corrected chi connectivity index (χ1v) is 8.62. The summed E-state index contributed by atoms with van der Waals surface area (Å²) in [6, 6.07) is 7.17. The predicted molar refractivity (Wildman–Crippen MR) is 95.7 cm³/mol. The highest BCUT2D eigenvalue weighted by Gasteiger charge is 2.22.